The lowest BCUT2D eigenvalue weighted by molar-refractivity contribution is 0.0934. The van der Waals surface area contributed by atoms with Gasteiger partial charge < -0.3 is 10.6 Å². The molecule has 0 aliphatic carbocycles. The van der Waals surface area contributed by atoms with E-state index < -0.39 is 0 Å². The molecule has 1 fully saturated rings. The van der Waals surface area contributed by atoms with Crippen molar-refractivity contribution in [2.24, 2.45) is 0 Å². The first-order valence-corrected chi connectivity index (χ1v) is 8.61. The summed E-state index contributed by atoms with van der Waals surface area (Å²) in [6, 6.07) is 8.15. The Kier molecular flexibility index (Phi) is 6.77. The van der Waals surface area contributed by atoms with E-state index in [0.29, 0.717) is 11.7 Å². The average Bonchev–Trinajstić information content (AvgIpc) is 3.06. The van der Waals surface area contributed by atoms with Crippen molar-refractivity contribution in [2.45, 2.75) is 31.8 Å². The minimum Gasteiger partial charge on any atom is -0.344 e. The predicted octanol–water partition coefficient (Wildman–Crippen LogP) is 2.88. The van der Waals surface area contributed by atoms with E-state index in [1.807, 2.05) is 35.9 Å². The average molecular weight is 415 g/mol. The van der Waals surface area contributed by atoms with Crippen molar-refractivity contribution in [3.8, 4) is 0 Å². The van der Waals surface area contributed by atoms with Crippen LogP contribution < -0.4 is 10.6 Å². The number of halogens is 2. The number of nitrogens with one attached hydrogen (secondary N) is 2. The summed E-state index contributed by atoms with van der Waals surface area (Å²) in [6.45, 7) is 3.91. The van der Waals surface area contributed by atoms with Crippen LogP contribution in [0.25, 0.3) is 0 Å². The summed E-state index contributed by atoms with van der Waals surface area (Å²) in [5.41, 5.74) is 1.42. The largest absolute Gasteiger partial charge is 0.344 e. The molecule has 1 atom stereocenters. The standard InChI is InChI=1S/C16H20BrN5O.ClH/c1-11(12-2-4-13(17)5-3-12)19-16(23)15-10-22(21-20-15)14-6-8-18-9-7-14;/h2-5,10-11,14,18H,6-9H2,1H3,(H,19,23);1H. The summed E-state index contributed by atoms with van der Waals surface area (Å²) in [5, 5.41) is 14.4. The molecule has 8 heteroatoms. The molecule has 1 saturated heterocycles. The Morgan fingerprint density at radius 1 is 1.33 bits per heavy atom. The third-order valence-electron chi connectivity index (χ3n) is 4.14. The first-order valence-electron chi connectivity index (χ1n) is 7.82. The fourth-order valence-electron chi connectivity index (χ4n) is 2.74. The third-order valence-corrected chi connectivity index (χ3v) is 4.67. The number of hydrogen-bond donors (Lipinski definition) is 2. The van der Waals surface area contributed by atoms with Gasteiger partial charge in [0, 0.05) is 4.47 Å². The van der Waals surface area contributed by atoms with Crippen molar-refractivity contribution < 1.29 is 4.79 Å². The Labute approximate surface area is 155 Å². The zero-order valence-corrected chi connectivity index (χ0v) is 15.8. The van der Waals surface area contributed by atoms with Crippen LogP contribution in [0.1, 0.15) is 47.9 Å². The number of aromatic nitrogens is 3. The smallest absolute Gasteiger partial charge is 0.273 e. The van der Waals surface area contributed by atoms with Gasteiger partial charge in [0.05, 0.1) is 18.3 Å². The van der Waals surface area contributed by atoms with Crippen molar-refractivity contribution in [1.82, 2.24) is 25.6 Å². The number of hydrogen-bond acceptors (Lipinski definition) is 4. The van der Waals surface area contributed by atoms with Gasteiger partial charge in [0.1, 0.15) is 0 Å². The van der Waals surface area contributed by atoms with Gasteiger partial charge in [-0.2, -0.15) is 0 Å². The van der Waals surface area contributed by atoms with Gasteiger partial charge in [-0.25, -0.2) is 4.68 Å². The Hall–Kier alpha value is -1.44. The highest BCUT2D eigenvalue weighted by Crippen LogP contribution is 2.18. The molecule has 2 aromatic rings. The fourth-order valence-corrected chi connectivity index (χ4v) is 3.00. The minimum absolute atomic E-state index is 0. The van der Waals surface area contributed by atoms with Crippen LogP contribution >= 0.6 is 28.3 Å². The maximum atomic E-state index is 12.3. The molecule has 1 aromatic heterocycles. The lowest BCUT2D eigenvalue weighted by Crippen LogP contribution is -2.29. The molecular weight excluding hydrogens is 394 g/mol. The van der Waals surface area contributed by atoms with Crippen molar-refractivity contribution in [1.29, 1.82) is 0 Å². The van der Waals surface area contributed by atoms with Crippen LogP contribution in [0.3, 0.4) is 0 Å². The quantitative estimate of drug-likeness (QED) is 0.807. The second-order valence-corrected chi connectivity index (χ2v) is 6.73. The molecule has 24 heavy (non-hydrogen) atoms. The Morgan fingerprint density at radius 3 is 2.67 bits per heavy atom. The number of rotatable bonds is 4. The van der Waals surface area contributed by atoms with Crippen LogP contribution in [0.15, 0.2) is 34.9 Å². The zero-order chi connectivity index (χ0) is 16.2. The van der Waals surface area contributed by atoms with E-state index in [0.717, 1.165) is 36.0 Å². The fraction of sp³-hybridized carbons (Fsp3) is 0.438. The highest BCUT2D eigenvalue weighted by atomic mass is 79.9. The molecule has 0 radical (unpaired) electrons. The summed E-state index contributed by atoms with van der Waals surface area (Å²) in [5.74, 6) is -0.194. The normalized spacial score (nSPS) is 16.2. The molecular formula is C16H21BrClN5O. The van der Waals surface area contributed by atoms with E-state index in [4.69, 9.17) is 0 Å². The van der Waals surface area contributed by atoms with Crippen molar-refractivity contribution in [2.75, 3.05) is 13.1 Å². The Bertz CT molecular complexity index is 669. The number of nitrogens with zero attached hydrogens (tertiary/aromatic N) is 3. The van der Waals surface area contributed by atoms with Crippen molar-refractivity contribution >= 4 is 34.2 Å². The molecule has 1 unspecified atom stereocenters. The number of piperidine rings is 1. The first-order chi connectivity index (χ1) is 11.1. The molecule has 0 spiro atoms. The summed E-state index contributed by atoms with van der Waals surface area (Å²) in [6.07, 6.45) is 3.78. The van der Waals surface area contributed by atoms with Crippen LogP contribution in [-0.4, -0.2) is 34.0 Å². The Balaban J connectivity index is 0.00000208. The van der Waals surface area contributed by atoms with E-state index in [1.54, 1.807) is 6.20 Å². The van der Waals surface area contributed by atoms with E-state index in [9.17, 15) is 4.79 Å². The number of carbonyl (C=O) groups excluding carboxylic acids is 1. The van der Waals surface area contributed by atoms with Gasteiger partial charge in [-0.1, -0.05) is 33.3 Å². The first kappa shape index (κ1) is 18.9. The summed E-state index contributed by atoms with van der Waals surface area (Å²) >= 11 is 3.41. The molecule has 1 aliphatic rings. The van der Waals surface area contributed by atoms with E-state index >= 15 is 0 Å². The van der Waals surface area contributed by atoms with Gasteiger partial charge >= 0.3 is 0 Å². The van der Waals surface area contributed by atoms with Gasteiger partial charge in [0.15, 0.2) is 5.69 Å². The maximum absolute atomic E-state index is 12.3. The number of benzene rings is 1. The predicted molar refractivity (Wildman–Crippen MR) is 98.4 cm³/mol. The number of carbonyl (C=O) groups is 1. The van der Waals surface area contributed by atoms with Crippen LogP contribution in [0, 0.1) is 0 Å². The van der Waals surface area contributed by atoms with Gasteiger partial charge in [0.25, 0.3) is 5.91 Å². The molecule has 3 rings (SSSR count). The number of amides is 1. The summed E-state index contributed by atoms with van der Waals surface area (Å²) in [7, 11) is 0. The van der Waals surface area contributed by atoms with E-state index in [1.165, 1.54) is 0 Å². The lowest BCUT2D eigenvalue weighted by Gasteiger charge is -2.22. The lowest BCUT2D eigenvalue weighted by atomic mass is 10.1. The van der Waals surface area contributed by atoms with Gasteiger partial charge in [-0.15, -0.1) is 17.5 Å². The van der Waals surface area contributed by atoms with Gasteiger partial charge in [-0.3, -0.25) is 4.79 Å². The molecule has 6 nitrogen and oxygen atoms in total. The zero-order valence-electron chi connectivity index (χ0n) is 13.4. The minimum atomic E-state index is -0.194. The third kappa shape index (κ3) is 4.55. The van der Waals surface area contributed by atoms with Crippen LogP contribution in [-0.2, 0) is 0 Å². The Morgan fingerprint density at radius 2 is 2.00 bits per heavy atom. The van der Waals surface area contributed by atoms with Gasteiger partial charge in [-0.05, 0) is 50.6 Å². The highest BCUT2D eigenvalue weighted by molar-refractivity contribution is 9.10. The molecule has 0 saturated carbocycles. The molecule has 2 N–H and O–H groups in total. The van der Waals surface area contributed by atoms with Crippen LogP contribution in [0.5, 0.6) is 0 Å². The molecule has 1 aromatic carbocycles. The SMILES string of the molecule is CC(NC(=O)c1cn(C2CCNCC2)nn1)c1ccc(Br)cc1.Cl. The van der Waals surface area contributed by atoms with Crippen molar-refractivity contribution in [3.63, 3.8) is 0 Å². The van der Waals surface area contributed by atoms with Crippen molar-refractivity contribution in [3.05, 3.63) is 46.2 Å². The second-order valence-electron chi connectivity index (χ2n) is 5.81. The molecule has 0 bridgehead atoms. The molecule has 1 amide bonds. The monoisotopic (exact) mass is 413 g/mol. The topological polar surface area (TPSA) is 71.8 Å². The molecule has 1 aliphatic heterocycles. The maximum Gasteiger partial charge on any atom is 0.273 e. The molecule has 2 heterocycles. The summed E-state index contributed by atoms with van der Waals surface area (Å²) in [4.78, 5) is 12.3. The van der Waals surface area contributed by atoms with Crippen LogP contribution in [0.4, 0.5) is 0 Å². The summed E-state index contributed by atoms with van der Waals surface area (Å²) < 4.78 is 2.84. The molecule has 130 valence electrons. The van der Waals surface area contributed by atoms with Crippen LogP contribution in [0.2, 0.25) is 0 Å². The second kappa shape index (κ2) is 8.60. The van der Waals surface area contributed by atoms with E-state index in [-0.39, 0.29) is 24.4 Å². The highest BCUT2D eigenvalue weighted by Gasteiger charge is 2.19. The van der Waals surface area contributed by atoms with E-state index in [2.05, 4.69) is 36.9 Å². The van der Waals surface area contributed by atoms with Gasteiger partial charge in [0.2, 0.25) is 0 Å².